The number of ether oxygens (including phenoxy) is 1. The summed E-state index contributed by atoms with van der Waals surface area (Å²) in [7, 11) is 4.15. The highest BCUT2D eigenvalue weighted by Crippen LogP contribution is 2.13. The van der Waals surface area contributed by atoms with Gasteiger partial charge in [0.05, 0.1) is 13.2 Å². The van der Waals surface area contributed by atoms with E-state index in [9.17, 15) is 0 Å². The molecule has 0 atom stereocenters. The molecule has 0 aromatic heterocycles. The fourth-order valence-electron chi connectivity index (χ4n) is 2.02. The Kier molecular flexibility index (Phi) is 9.87. The van der Waals surface area contributed by atoms with Gasteiger partial charge in [0.25, 0.3) is 0 Å². The molecule has 23 heavy (non-hydrogen) atoms. The fourth-order valence-corrected chi connectivity index (χ4v) is 2.02. The predicted molar refractivity (Wildman–Crippen MR) is 98.2 cm³/mol. The maximum atomic E-state index is 5.74. The van der Waals surface area contributed by atoms with Gasteiger partial charge in [0.15, 0.2) is 5.96 Å². The van der Waals surface area contributed by atoms with Gasteiger partial charge in [0.1, 0.15) is 5.75 Å². The van der Waals surface area contributed by atoms with E-state index in [2.05, 4.69) is 60.6 Å². The summed E-state index contributed by atoms with van der Waals surface area (Å²) in [4.78, 5) is 6.76. The number of nitrogens with one attached hydrogen (secondary N) is 2. The normalized spacial score (nSPS) is 11.6. The van der Waals surface area contributed by atoms with E-state index in [1.54, 1.807) is 0 Å². The maximum Gasteiger partial charge on any atom is 0.191 e. The third kappa shape index (κ3) is 9.08. The molecule has 1 rings (SSSR count). The zero-order valence-electron chi connectivity index (χ0n) is 15.1. The molecule has 5 heteroatoms. The highest BCUT2D eigenvalue weighted by molar-refractivity contribution is 5.79. The van der Waals surface area contributed by atoms with Crippen LogP contribution in [0.3, 0.4) is 0 Å². The van der Waals surface area contributed by atoms with Crippen LogP contribution >= 0.6 is 0 Å². The van der Waals surface area contributed by atoms with Crippen LogP contribution in [0.15, 0.2) is 29.3 Å². The molecule has 0 fully saturated rings. The van der Waals surface area contributed by atoms with E-state index in [1.165, 1.54) is 5.56 Å². The van der Waals surface area contributed by atoms with Gasteiger partial charge in [-0.3, -0.25) is 0 Å². The minimum atomic E-state index is 0.667. The second-order valence-corrected chi connectivity index (χ2v) is 5.77. The second-order valence-electron chi connectivity index (χ2n) is 5.77. The van der Waals surface area contributed by atoms with Crippen LogP contribution in [0.5, 0.6) is 5.75 Å². The Hall–Kier alpha value is -1.75. The van der Waals surface area contributed by atoms with Gasteiger partial charge in [-0.2, -0.15) is 0 Å². The van der Waals surface area contributed by atoms with Crippen molar-refractivity contribution in [3.05, 3.63) is 29.8 Å². The van der Waals surface area contributed by atoms with Gasteiger partial charge >= 0.3 is 0 Å². The lowest BCUT2D eigenvalue weighted by atomic mass is 10.2. The SMILES string of the molecule is CCCNC(=NCc1ccc(OCCCN(C)C)cc1)NCC. The Balaban J connectivity index is 2.42. The molecule has 0 bridgehead atoms. The molecule has 0 heterocycles. The summed E-state index contributed by atoms with van der Waals surface area (Å²) in [6.45, 7) is 8.49. The van der Waals surface area contributed by atoms with E-state index >= 15 is 0 Å². The van der Waals surface area contributed by atoms with E-state index < -0.39 is 0 Å². The lowest BCUT2D eigenvalue weighted by Crippen LogP contribution is -2.37. The average Bonchev–Trinajstić information content (AvgIpc) is 2.55. The number of hydrogen-bond donors (Lipinski definition) is 2. The Morgan fingerprint density at radius 2 is 1.87 bits per heavy atom. The molecular weight excluding hydrogens is 288 g/mol. The standard InChI is InChI=1S/C18H32N4O/c1-5-12-20-18(19-6-2)21-15-16-8-10-17(11-9-16)23-14-7-13-22(3)4/h8-11H,5-7,12-15H2,1-4H3,(H2,19,20,21). The molecule has 2 N–H and O–H groups in total. The van der Waals surface area contributed by atoms with E-state index in [0.717, 1.165) is 50.8 Å². The lowest BCUT2D eigenvalue weighted by Gasteiger charge is -2.11. The Bertz CT molecular complexity index is 443. The summed E-state index contributed by atoms with van der Waals surface area (Å²) in [5.41, 5.74) is 1.18. The molecule has 0 unspecified atom stereocenters. The monoisotopic (exact) mass is 320 g/mol. The molecule has 0 radical (unpaired) electrons. The summed E-state index contributed by atoms with van der Waals surface area (Å²) in [6.07, 6.45) is 2.12. The number of aliphatic imine (C=N–C) groups is 1. The van der Waals surface area contributed by atoms with Crippen molar-refractivity contribution < 1.29 is 4.74 Å². The molecule has 0 saturated heterocycles. The second kappa shape index (κ2) is 11.8. The van der Waals surface area contributed by atoms with Crippen LogP contribution < -0.4 is 15.4 Å². The summed E-state index contributed by atoms with van der Waals surface area (Å²) in [5, 5.41) is 6.56. The van der Waals surface area contributed by atoms with Crippen LogP contribution in [0.4, 0.5) is 0 Å². The van der Waals surface area contributed by atoms with Gasteiger partial charge in [-0.25, -0.2) is 4.99 Å². The van der Waals surface area contributed by atoms with Crippen molar-refractivity contribution in [3.63, 3.8) is 0 Å². The topological polar surface area (TPSA) is 48.9 Å². The molecular formula is C18H32N4O. The van der Waals surface area contributed by atoms with Gasteiger partial charge in [-0.15, -0.1) is 0 Å². The van der Waals surface area contributed by atoms with Gasteiger partial charge < -0.3 is 20.3 Å². The van der Waals surface area contributed by atoms with Crippen molar-refractivity contribution in [2.24, 2.45) is 4.99 Å². The van der Waals surface area contributed by atoms with Gasteiger partial charge in [0.2, 0.25) is 0 Å². The number of benzene rings is 1. The van der Waals surface area contributed by atoms with Crippen molar-refractivity contribution >= 4 is 5.96 Å². The molecule has 5 nitrogen and oxygen atoms in total. The maximum absolute atomic E-state index is 5.74. The highest BCUT2D eigenvalue weighted by Gasteiger charge is 1.98. The number of hydrogen-bond acceptors (Lipinski definition) is 3. The van der Waals surface area contributed by atoms with Crippen LogP contribution in [0.25, 0.3) is 0 Å². The molecule has 0 amide bonds. The zero-order chi connectivity index (χ0) is 16.9. The summed E-state index contributed by atoms with van der Waals surface area (Å²) >= 11 is 0. The summed E-state index contributed by atoms with van der Waals surface area (Å²) in [6, 6.07) is 8.20. The third-order valence-electron chi connectivity index (χ3n) is 3.25. The Morgan fingerprint density at radius 1 is 1.13 bits per heavy atom. The van der Waals surface area contributed by atoms with Crippen LogP contribution in [0, 0.1) is 0 Å². The average molecular weight is 320 g/mol. The lowest BCUT2D eigenvalue weighted by molar-refractivity contribution is 0.281. The largest absolute Gasteiger partial charge is 0.494 e. The third-order valence-corrected chi connectivity index (χ3v) is 3.25. The first kappa shape index (κ1) is 19.3. The van der Waals surface area contributed by atoms with Gasteiger partial charge in [0, 0.05) is 19.6 Å². The molecule has 0 saturated carbocycles. The first-order valence-electron chi connectivity index (χ1n) is 8.54. The van der Waals surface area contributed by atoms with Crippen molar-refractivity contribution in [3.8, 4) is 5.75 Å². The van der Waals surface area contributed by atoms with Crippen molar-refractivity contribution in [2.75, 3.05) is 40.3 Å². The van der Waals surface area contributed by atoms with E-state index in [0.29, 0.717) is 6.54 Å². The Morgan fingerprint density at radius 3 is 2.48 bits per heavy atom. The molecule has 0 aliphatic heterocycles. The fraction of sp³-hybridized carbons (Fsp3) is 0.611. The molecule has 0 aliphatic carbocycles. The van der Waals surface area contributed by atoms with E-state index in [1.807, 2.05) is 12.1 Å². The quantitative estimate of drug-likeness (QED) is 0.395. The van der Waals surface area contributed by atoms with Crippen molar-refractivity contribution in [1.29, 1.82) is 0 Å². The summed E-state index contributed by atoms with van der Waals surface area (Å²) in [5.74, 6) is 1.80. The molecule has 130 valence electrons. The predicted octanol–water partition coefficient (Wildman–Crippen LogP) is 2.48. The molecule has 1 aromatic rings. The Labute approximate surface area is 141 Å². The van der Waals surface area contributed by atoms with Gasteiger partial charge in [-0.1, -0.05) is 19.1 Å². The first-order chi connectivity index (χ1) is 11.2. The first-order valence-corrected chi connectivity index (χ1v) is 8.54. The molecule has 0 spiro atoms. The summed E-state index contributed by atoms with van der Waals surface area (Å²) < 4.78 is 5.74. The van der Waals surface area contributed by atoms with Crippen LogP contribution in [-0.4, -0.2) is 51.2 Å². The van der Waals surface area contributed by atoms with Crippen LogP contribution in [0.2, 0.25) is 0 Å². The minimum Gasteiger partial charge on any atom is -0.494 e. The van der Waals surface area contributed by atoms with Crippen molar-refractivity contribution in [2.45, 2.75) is 33.2 Å². The van der Waals surface area contributed by atoms with Gasteiger partial charge in [-0.05, 0) is 51.6 Å². The van der Waals surface area contributed by atoms with Crippen LogP contribution in [-0.2, 0) is 6.54 Å². The van der Waals surface area contributed by atoms with Crippen molar-refractivity contribution in [1.82, 2.24) is 15.5 Å². The minimum absolute atomic E-state index is 0.667. The smallest absolute Gasteiger partial charge is 0.191 e. The molecule has 0 aliphatic rings. The number of rotatable bonds is 10. The van der Waals surface area contributed by atoms with Crippen LogP contribution in [0.1, 0.15) is 32.3 Å². The zero-order valence-corrected chi connectivity index (χ0v) is 15.1. The number of nitrogens with zero attached hydrogens (tertiary/aromatic N) is 2. The van der Waals surface area contributed by atoms with E-state index in [4.69, 9.17) is 4.74 Å². The molecule has 1 aromatic carbocycles. The highest BCUT2D eigenvalue weighted by atomic mass is 16.5. The number of guanidine groups is 1. The van der Waals surface area contributed by atoms with E-state index in [-0.39, 0.29) is 0 Å².